The van der Waals surface area contributed by atoms with Crippen molar-refractivity contribution in [2.45, 2.75) is 50.4 Å². The molecule has 3 heterocycles. The van der Waals surface area contributed by atoms with E-state index in [4.69, 9.17) is 9.47 Å². The summed E-state index contributed by atoms with van der Waals surface area (Å²) in [5.41, 5.74) is -0.776. The highest BCUT2D eigenvalue weighted by molar-refractivity contribution is 5.80. The first-order valence-corrected chi connectivity index (χ1v) is 8.77. The number of aliphatic carboxylic acids is 1. The largest absolute Gasteiger partial charge is 0.481 e. The molecule has 4 fully saturated rings. The number of likely N-dealkylation sites (tertiary alicyclic amines) is 1. The molecule has 1 aromatic carbocycles. The lowest BCUT2D eigenvalue weighted by Gasteiger charge is -2.46. The molecule has 3 aliphatic heterocycles. The monoisotopic (exact) mass is 345 g/mol. The lowest BCUT2D eigenvalue weighted by Crippen LogP contribution is -2.58. The molecule has 1 spiro atoms. The Hall–Kier alpha value is -2.08. The second kappa shape index (κ2) is 5.46. The Morgan fingerprint density at radius 1 is 1.20 bits per heavy atom. The minimum Gasteiger partial charge on any atom is -0.481 e. The SMILES string of the molecule is CC12CC(C(=O)O)(C1)C1(CCN(C(=O)OCc3ccccc3)CC1)O2. The Morgan fingerprint density at radius 2 is 1.84 bits per heavy atom. The number of amides is 1. The van der Waals surface area contributed by atoms with Crippen LogP contribution in [0.1, 0.15) is 38.2 Å². The van der Waals surface area contributed by atoms with Gasteiger partial charge in [0.15, 0.2) is 0 Å². The van der Waals surface area contributed by atoms with E-state index in [1.807, 2.05) is 37.3 Å². The smallest absolute Gasteiger partial charge is 0.410 e. The van der Waals surface area contributed by atoms with Crippen LogP contribution in [-0.2, 0) is 20.9 Å². The molecule has 1 aliphatic carbocycles. The Kier molecular flexibility index (Phi) is 3.58. The van der Waals surface area contributed by atoms with E-state index in [0.29, 0.717) is 38.8 Å². The van der Waals surface area contributed by atoms with Gasteiger partial charge in [0.2, 0.25) is 0 Å². The average Bonchev–Trinajstić information content (AvgIpc) is 2.97. The zero-order valence-electron chi connectivity index (χ0n) is 14.4. The van der Waals surface area contributed by atoms with Crippen LogP contribution in [0.5, 0.6) is 0 Å². The predicted octanol–water partition coefficient (Wildman–Crippen LogP) is 2.81. The minimum atomic E-state index is -0.776. The number of rotatable bonds is 3. The number of carbonyl (C=O) groups excluding carboxylic acids is 1. The lowest BCUT2D eigenvalue weighted by molar-refractivity contribution is -0.160. The summed E-state index contributed by atoms with van der Waals surface area (Å²) in [6, 6.07) is 9.55. The fraction of sp³-hybridized carbons (Fsp3) is 0.579. The van der Waals surface area contributed by atoms with E-state index in [0.717, 1.165) is 5.56 Å². The number of carbonyl (C=O) groups is 2. The third-order valence-corrected chi connectivity index (χ3v) is 6.11. The number of nitrogens with zero attached hydrogens (tertiary/aromatic N) is 1. The van der Waals surface area contributed by atoms with Crippen molar-refractivity contribution >= 4 is 12.1 Å². The second-order valence-corrected chi connectivity index (χ2v) is 7.81. The van der Waals surface area contributed by atoms with Gasteiger partial charge in [0, 0.05) is 13.1 Å². The van der Waals surface area contributed by atoms with Crippen LogP contribution in [0.25, 0.3) is 0 Å². The zero-order valence-corrected chi connectivity index (χ0v) is 14.4. The fourth-order valence-electron chi connectivity index (χ4n) is 4.98. The maximum atomic E-state index is 12.3. The van der Waals surface area contributed by atoms with Gasteiger partial charge in [-0.15, -0.1) is 0 Å². The van der Waals surface area contributed by atoms with Crippen molar-refractivity contribution in [2.24, 2.45) is 5.41 Å². The molecule has 1 saturated carbocycles. The standard InChI is InChI=1S/C19H23NO5/c1-17-12-18(13-17,15(21)22)19(25-17)7-9-20(10-8-19)16(23)24-11-14-5-3-2-4-6-14/h2-6H,7-13H2,1H3,(H,21,22). The van der Waals surface area contributed by atoms with Gasteiger partial charge in [0.1, 0.15) is 12.0 Å². The first-order chi connectivity index (χ1) is 11.9. The van der Waals surface area contributed by atoms with Crippen LogP contribution in [0, 0.1) is 5.41 Å². The van der Waals surface area contributed by atoms with Crippen molar-refractivity contribution in [2.75, 3.05) is 13.1 Å². The molecule has 6 nitrogen and oxygen atoms in total. The maximum Gasteiger partial charge on any atom is 0.410 e. The highest BCUT2D eigenvalue weighted by Gasteiger charge is 2.76. The first-order valence-electron chi connectivity index (χ1n) is 8.77. The highest BCUT2D eigenvalue weighted by atomic mass is 16.6. The number of ether oxygens (including phenoxy) is 2. The summed E-state index contributed by atoms with van der Waals surface area (Å²) in [5, 5.41) is 9.74. The third-order valence-electron chi connectivity index (χ3n) is 6.11. The molecule has 1 aromatic rings. The van der Waals surface area contributed by atoms with Crippen molar-refractivity contribution in [1.29, 1.82) is 0 Å². The Labute approximate surface area is 146 Å². The third kappa shape index (κ3) is 2.42. The molecule has 3 saturated heterocycles. The van der Waals surface area contributed by atoms with Gasteiger partial charge in [-0.25, -0.2) is 4.79 Å². The van der Waals surface area contributed by atoms with Crippen molar-refractivity contribution in [3.05, 3.63) is 35.9 Å². The van der Waals surface area contributed by atoms with Crippen LogP contribution < -0.4 is 0 Å². The topological polar surface area (TPSA) is 76.1 Å². The van der Waals surface area contributed by atoms with Crippen LogP contribution in [0.4, 0.5) is 4.79 Å². The van der Waals surface area contributed by atoms with E-state index in [1.165, 1.54) is 0 Å². The highest BCUT2D eigenvalue weighted by Crippen LogP contribution is 2.69. The summed E-state index contributed by atoms with van der Waals surface area (Å²) in [6.45, 7) is 3.18. The van der Waals surface area contributed by atoms with Gasteiger partial charge >= 0.3 is 12.1 Å². The Morgan fingerprint density at radius 3 is 2.44 bits per heavy atom. The van der Waals surface area contributed by atoms with Gasteiger partial charge in [-0.05, 0) is 38.2 Å². The van der Waals surface area contributed by atoms with Gasteiger partial charge < -0.3 is 19.5 Å². The number of benzene rings is 1. The van der Waals surface area contributed by atoms with Gasteiger partial charge in [0.05, 0.1) is 11.2 Å². The van der Waals surface area contributed by atoms with Crippen molar-refractivity contribution in [1.82, 2.24) is 4.90 Å². The molecule has 0 atom stereocenters. The van der Waals surface area contributed by atoms with Gasteiger partial charge in [-0.3, -0.25) is 4.79 Å². The van der Waals surface area contributed by atoms with Gasteiger partial charge in [-0.1, -0.05) is 30.3 Å². The quantitative estimate of drug-likeness (QED) is 0.912. The van der Waals surface area contributed by atoms with Crippen molar-refractivity contribution in [3.63, 3.8) is 0 Å². The second-order valence-electron chi connectivity index (χ2n) is 7.81. The molecule has 1 amide bonds. The summed E-state index contributed by atoms with van der Waals surface area (Å²) in [7, 11) is 0. The van der Waals surface area contributed by atoms with Gasteiger partial charge in [0.25, 0.3) is 0 Å². The molecule has 6 heteroatoms. The zero-order chi connectivity index (χ0) is 17.7. The number of hydrogen-bond donors (Lipinski definition) is 1. The first kappa shape index (κ1) is 16.4. The summed E-state index contributed by atoms with van der Waals surface area (Å²) >= 11 is 0. The van der Waals surface area contributed by atoms with Crippen molar-refractivity contribution < 1.29 is 24.2 Å². The number of hydrogen-bond acceptors (Lipinski definition) is 4. The van der Waals surface area contributed by atoms with E-state index in [-0.39, 0.29) is 18.3 Å². The van der Waals surface area contributed by atoms with E-state index in [9.17, 15) is 14.7 Å². The molecule has 134 valence electrons. The number of carboxylic acids is 1. The summed E-state index contributed by atoms with van der Waals surface area (Å²) < 4.78 is 11.6. The molecule has 0 radical (unpaired) electrons. The molecule has 25 heavy (non-hydrogen) atoms. The molecular weight excluding hydrogens is 322 g/mol. The molecule has 5 rings (SSSR count). The maximum absolute atomic E-state index is 12.3. The predicted molar refractivity (Wildman–Crippen MR) is 89.0 cm³/mol. The van der Waals surface area contributed by atoms with Crippen LogP contribution in [0.15, 0.2) is 30.3 Å². The van der Waals surface area contributed by atoms with Crippen LogP contribution in [0.3, 0.4) is 0 Å². The molecule has 0 unspecified atom stereocenters. The molecular formula is C19H23NO5. The molecule has 0 aromatic heterocycles. The Balaban J connectivity index is 1.37. The van der Waals surface area contributed by atoms with Gasteiger partial charge in [-0.2, -0.15) is 0 Å². The van der Waals surface area contributed by atoms with E-state index in [1.54, 1.807) is 4.90 Å². The molecule has 4 aliphatic rings. The number of piperidine rings is 1. The summed E-state index contributed by atoms with van der Waals surface area (Å²) in [6.07, 6.45) is 1.91. The van der Waals surface area contributed by atoms with Crippen LogP contribution in [-0.4, -0.2) is 46.4 Å². The van der Waals surface area contributed by atoms with Crippen molar-refractivity contribution in [3.8, 4) is 0 Å². The molecule has 2 bridgehead atoms. The van der Waals surface area contributed by atoms with E-state index >= 15 is 0 Å². The molecule has 1 N–H and O–H groups in total. The van der Waals surface area contributed by atoms with E-state index < -0.39 is 17.0 Å². The van der Waals surface area contributed by atoms with Crippen LogP contribution in [0.2, 0.25) is 0 Å². The fourth-order valence-corrected chi connectivity index (χ4v) is 4.98. The van der Waals surface area contributed by atoms with E-state index in [2.05, 4.69) is 0 Å². The minimum absolute atomic E-state index is 0.245. The summed E-state index contributed by atoms with van der Waals surface area (Å²) in [5.74, 6) is -0.762. The lowest BCUT2D eigenvalue weighted by atomic mass is 9.54. The van der Waals surface area contributed by atoms with Crippen LogP contribution >= 0.6 is 0 Å². The number of carboxylic acid groups (broad SMARTS) is 1. The normalized spacial score (nSPS) is 32.3. The summed E-state index contributed by atoms with van der Waals surface area (Å²) in [4.78, 5) is 25.8. The Bertz CT molecular complexity index is 687. The average molecular weight is 345 g/mol.